The van der Waals surface area contributed by atoms with E-state index in [1.807, 2.05) is 24.3 Å². The Labute approximate surface area is 196 Å². The fourth-order valence-electron chi connectivity index (χ4n) is 4.46. The van der Waals surface area contributed by atoms with E-state index in [0.29, 0.717) is 25.1 Å². The van der Waals surface area contributed by atoms with E-state index in [2.05, 4.69) is 54.3 Å². The first-order valence-corrected chi connectivity index (χ1v) is 11.8. The molecule has 1 unspecified atom stereocenters. The van der Waals surface area contributed by atoms with Crippen molar-refractivity contribution in [3.05, 3.63) is 34.7 Å². The number of aromatic nitrogens is 2. The molecule has 0 spiro atoms. The number of benzene rings is 1. The van der Waals surface area contributed by atoms with Gasteiger partial charge >= 0.3 is 5.69 Å². The number of piperidine rings is 1. The number of hydrogen-bond donors (Lipinski definition) is 2. The van der Waals surface area contributed by atoms with Gasteiger partial charge in [0.1, 0.15) is 17.4 Å². The molecule has 0 aliphatic carbocycles. The van der Waals surface area contributed by atoms with Crippen LogP contribution in [0.4, 0.5) is 5.82 Å². The van der Waals surface area contributed by atoms with Crippen molar-refractivity contribution in [1.82, 2.24) is 19.8 Å². The largest absolute Gasteiger partial charge is 0.358 e. The molecule has 8 heteroatoms. The van der Waals surface area contributed by atoms with Gasteiger partial charge in [-0.1, -0.05) is 39.8 Å². The van der Waals surface area contributed by atoms with Crippen LogP contribution < -0.4 is 16.3 Å². The monoisotopic (exact) mass is 452 g/mol. The highest BCUT2D eigenvalue weighted by Gasteiger charge is 2.38. The number of para-hydroxylation sites is 1. The van der Waals surface area contributed by atoms with E-state index in [-0.39, 0.29) is 17.0 Å². The van der Waals surface area contributed by atoms with E-state index in [4.69, 9.17) is 0 Å². The first-order chi connectivity index (χ1) is 15.6. The van der Waals surface area contributed by atoms with Crippen LogP contribution in [-0.4, -0.2) is 51.6 Å². The molecule has 2 N–H and O–H groups in total. The van der Waals surface area contributed by atoms with E-state index in [0.717, 1.165) is 37.0 Å². The van der Waals surface area contributed by atoms with Crippen molar-refractivity contribution < 1.29 is 4.79 Å². The molecule has 8 nitrogen and oxygen atoms in total. The lowest BCUT2D eigenvalue weighted by atomic mass is 9.85. The zero-order chi connectivity index (χ0) is 24.2. The highest BCUT2D eigenvalue weighted by Crippen LogP contribution is 2.27. The van der Waals surface area contributed by atoms with Gasteiger partial charge in [-0.25, -0.2) is 4.79 Å². The fraction of sp³-hybridized carbons (Fsp3) is 0.600. The summed E-state index contributed by atoms with van der Waals surface area (Å²) in [4.78, 5) is 32.5. The van der Waals surface area contributed by atoms with Gasteiger partial charge in [0, 0.05) is 25.5 Å². The number of carbonyl (C=O) groups excluding carboxylic acids is 1. The molecule has 3 rings (SSSR count). The Hall–Kier alpha value is -2.92. The molecule has 1 amide bonds. The Morgan fingerprint density at radius 1 is 1.27 bits per heavy atom. The molecule has 1 saturated heterocycles. The average molecular weight is 453 g/mol. The highest BCUT2D eigenvalue weighted by molar-refractivity contribution is 5.92. The predicted octanol–water partition coefficient (Wildman–Crippen LogP) is 3.03. The summed E-state index contributed by atoms with van der Waals surface area (Å²) in [7, 11) is 1.68. The molecule has 1 aliphatic rings. The van der Waals surface area contributed by atoms with Gasteiger partial charge in [-0.2, -0.15) is 10.2 Å². The Morgan fingerprint density at radius 2 is 1.94 bits per heavy atom. The standard InChI is InChI=1S/C25H36N6O2/c1-6-13-31-14-11-25(17-26,12-15-31)29-22(32)19(16-24(2,3)4)27-21-18-9-7-8-10-20(18)30(5)23(33)28-21/h7-10,19H,6,11-16H2,1-5H3,(H,29,32)(H,27,28,33). The molecule has 178 valence electrons. The van der Waals surface area contributed by atoms with Gasteiger partial charge in [-0.15, -0.1) is 0 Å². The second-order valence-corrected chi connectivity index (χ2v) is 10.3. The second kappa shape index (κ2) is 9.92. The van der Waals surface area contributed by atoms with Crippen molar-refractivity contribution >= 4 is 22.6 Å². The first kappa shape index (κ1) is 24.7. The van der Waals surface area contributed by atoms with Gasteiger partial charge in [0.25, 0.3) is 0 Å². The number of fused-ring (bicyclic) bond motifs is 1. The van der Waals surface area contributed by atoms with Gasteiger partial charge in [0.15, 0.2) is 0 Å². The lowest BCUT2D eigenvalue weighted by molar-refractivity contribution is -0.124. The maximum atomic E-state index is 13.5. The van der Waals surface area contributed by atoms with Crippen LogP contribution in [0.15, 0.2) is 29.1 Å². The Morgan fingerprint density at radius 3 is 2.55 bits per heavy atom. The third kappa shape index (κ3) is 5.91. The van der Waals surface area contributed by atoms with Crippen LogP contribution in [0.25, 0.3) is 10.9 Å². The third-order valence-electron chi connectivity index (χ3n) is 6.28. The number of carbonyl (C=O) groups is 1. The van der Waals surface area contributed by atoms with Gasteiger partial charge < -0.3 is 15.5 Å². The minimum Gasteiger partial charge on any atom is -0.358 e. The van der Waals surface area contributed by atoms with E-state index in [1.165, 1.54) is 4.57 Å². The van der Waals surface area contributed by atoms with Crippen LogP contribution in [0.5, 0.6) is 0 Å². The van der Waals surface area contributed by atoms with E-state index >= 15 is 0 Å². The minimum absolute atomic E-state index is 0.158. The fourth-order valence-corrected chi connectivity index (χ4v) is 4.46. The SMILES string of the molecule is CCCN1CCC(C#N)(NC(=O)C(CC(C)(C)C)Nc2nc(=O)n(C)c3ccccc23)CC1. The topological polar surface area (TPSA) is 103 Å². The summed E-state index contributed by atoms with van der Waals surface area (Å²) in [6.45, 7) is 10.9. The molecule has 1 aromatic heterocycles. The summed E-state index contributed by atoms with van der Waals surface area (Å²) < 4.78 is 1.49. The molecule has 2 heterocycles. The van der Waals surface area contributed by atoms with E-state index < -0.39 is 11.6 Å². The molecule has 1 fully saturated rings. The molecule has 0 radical (unpaired) electrons. The first-order valence-electron chi connectivity index (χ1n) is 11.8. The van der Waals surface area contributed by atoms with Crippen LogP contribution in [0, 0.1) is 16.7 Å². The number of hydrogen-bond acceptors (Lipinski definition) is 6. The third-order valence-corrected chi connectivity index (χ3v) is 6.28. The minimum atomic E-state index is -0.874. The van der Waals surface area contributed by atoms with Gasteiger partial charge in [-0.05, 0) is 49.8 Å². The van der Waals surface area contributed by atoms with Gasteiger partial charge in [-0.3, -0.25) is 9.36 Å². The summed E-state index contributed by atoms with van der Waals surface area (Å²) in [5, 5.41) is 17.0. The van der Waals surface area contributed by atoms with Crippen LogP contribution >= 0.6 is 0 Å². The highest BCUT2D eigenvalue weighted by atomic mass is 16.2. The molecule has 1 aliphatic heterocycles. The molecule has 1 aromatic carbocycles. The van der Waals surface area contributed by atoms with Crippen LogP contribution in [0.2, 0.25) is 0 Å². The number of aryl methyl sites for hydroxylation is 1. The van der Waals surface area contributed by atoms with Crippen molar-refractivity contribution in [1.29, 1.82) is 5.26 Å². The predicted molar refractivity (Wildman–Crippen MR) is 131 cm³/mol. The summed E-state index contributed by atoms with van der Waals surface area (Å²) in [5.41, 5.74) is -0.675. The quantitative estimate of drug-likeness (QED) is 0.669. The van der Waals surface area contributed by atoms with Crippen LogP contribution in [0.1, 0.15) is 53.4 Å². The number of rotatable bonds is 7. The number of likely N-dealkylation sites (tertiary alicyclic amines) is 1. The summed E-state index contributed by atoms with van der Waals surface area (Å²) in [6.07, 6.45) is 2.80. The maximum absolute atomic E-state index is 13.5. The zero-order valence-electron chi connectivity index (χ0n) is 20.4. The number of anilines is 1. The van der Waals surface area contributed by atoms with Crippen molar-refractivity contribution in [3.8, 4) is 6.07 Å². The molecule has 1 atom stereocenters. The van der Waals surface area contributed by atoms with Crippen molar-refractivity contribution in [2.24, 2.45) is 12.5 Å². The summed E-state index contributed by atoms with van der Waals surface area (Å²) in [5.74, 6) is 0.156. The smallest absolute Gasteiger partial charge is 0.349 e. The van der Waals surface area contributed by atoms with Crippen LogP contribution in [0.3, 0.4) is 0 Å². The maximum Gasteiger partial charge on any atom is 0.349 e. The molecule has 0 bridgehead atoms. The lowest BCUT2D eigenvalue weighted by Crippen LogP contribution is -2.57. The van der Waals surface area contributed by atoms with Crippen molar-refractivity contribution in [2.45, 2.75) is 65.0 Å². The Balaban J connectivity index is 1.87. The van der Waals surface area contributed by atoms with Crippen molar-refractivity contribution in [3.63, 3.8) is 0 Å². The zero-order valence-corrected chi connectivity index (χ0v) is 20.4. The van der Waals surface area contributed by atoms with E-state index in [1.54, 1.807) is 7.05 Å². The molecular formula is C25H36N6O2. The number of nitrogens with one attached hydrogen (secondary N) is 2. The molecular weight excluding hydrogens is 416 g/mol. The van der Waals surface area contributed by atoms with Gasteiger partial charge in [0.2, 0.25) is 5.91 Å². The lowest BCUT2D eigenvalue weighted by Gasteiger charge is -2.39. The number of nitriles is 1. The second-order valence-electron chi connectivity index (χ2n) is 10.3. The molecule has 33 heavy (non-hydrogen) atoms. The normalized spacial score (nSPS) is 17.3. The van der Waals surface area contributed by atoms with Crippen molar-refractivity contribution in [2.75, 3.05) is 25.0 Å². The Bertz CT molecular complexity index is 1090. The van der Waals surface area contributed by atoms with E-state index in [9.17, 15) is 14.9 Å². The summed E-state index contributed by atoms with van der Waals surface area (Å²) >= 11 is 0. The van der Waals surface area contributed by atoms with Crippen LogP contribution in [-0.2, 0) is 11.8 Å². The Kier molecular flexibility index (Phi) is 7.43. The molecule has 2 aromatic rings. The number of nitrogens with zero attached hydrogens (tertiary/aromatic N) is 4. The van der Waals surface area contributed by atoms with Gasteiger partial charge in [0.05, 0.1) is 11.6 Å². The number of amides is 1. The molecule has 0 saturated carbocycles. The summed E-state index contributed by atoms with van der Waals surface area (Å²) in [6, 6.07) is 9.24. The average Bonchev–Trinajstić information content (AvgIpc) is 2.77.